The van der Waals surface area contributed by atoms with Crippen molar-refractivity contribution in [3.05, 3.63) is 0 Å². The third kappa shape index (κ3) is 3.65. The molecule has 13 heavy (non-hydrogen) atoms. The van der Waals surface area contributed by atoms with Crippen LogP contribution < -0.4 is 4.72 Å². The Morgan fingerprint density at radius 1 is 1.31 bits per heavy atom. The van der Waals surface area contributed by atoms with Crippen LogP contribution in [-0.4, -0.2) is 20.2 Å². The Labute approximate surface area is 81.0 Å². The van der Waals surface area contributed by atoms with Gasteiger partial charge < -0.3 is 0 Å². The van der Waals surface area contributed by atoms with Gasteiger partial charge in [0.05, 0.1) is 6.26 Å². The van der Waals surface area contributed by atoms with Crippen molar-refractivity contribution >= 4 is 10.0 Å². The van der Waals surface area contributed by atoms with Crippen LogP contribution in [0.4, 0.5) is 0 Å². The molecule has 0 bridgehead atoms. The molecule has 0 saturated heterocycles. The highest BCUT2D eigenvalue weighted by molar-refractivity contribution is 7.88. The van der Waals surface area contributed by atoms with Gasteiger partial charge in [-0.1, -0.05) is 6.92 Å². The molecule has 0 aromatic carbocycles. The predicted octanol–water partition coefficient (Wildman–Crippen LogP) is 1.50. The summed E-state index contributed by atoms with van der Waals surface area (Å²) in [5.74, 6) is 0.745. The number of rotatable bonds is 2. The lowest BCUT2D eigenvalue weighted by Gasteiger charge is -2.36. The largest absolute Gasteiger partial charge is 0.213 e. The number of sulfonamides is 1. The third-order valence-electron chi connectivity index (χ3n) is 2.81. The van der Waals surface area contributed by atoms with Gasteiger partial charge in [-0.05, 0) is 38.5 Å². The van der Waals surface area contributed by atoms with Crippen molar-refractivity contribution < 1.29 is 8.42 Å². The van der Waals surface area contributed by atoms with E-state index in [1.807, 2.05) is 6.92 Å². The summed E-state index contributed by atoms with van der Waals surface area (Å²) < 4.78 is 24.9. The van der Waals surface area contributed by atoms with E-state index in [9.17, 15) is 8.42 Å². The van der Waals surface area contributed by atoms with E-state index in [-0.39, 0.29) is 5.54 Å². The van der Waals surface area contributed by atoms with E-state index < -0.39 is 10.0 Å². The van der Waals surface area contributed by atoms with Crippen molar-refractivity contribution in [1.29, 1.82) is 0 Å². The highest BCUT2D eigenvalue weighted by atomic mass is 32.2. The van der Waals surface area contributed by atoms with Crippen LogP contribution in [-0.2, 0) is 10.0 Å². The van der Waals surface area contributed by atoms with Crippen molar-refractivity contribution in [3.8, 4) is 0 Å². The van der Waals surface area contributed by atoms with Gasteiger partial charge in [0.2, 0.25) is 10.0 Å². The Kier molecular flexibility index (Phi) is 3.02. The minimum absolute atomic E-state index is 0.194. The van der Waals surface area contributed by atoms with Gasteiger partial charge in [-0.25, -0.2) is 13.1 Å². The van der Waals surface area contributed by atoms with Crippen molar-refractivity contribution in [2.24, 2.45) is 5.92 Å². The first kappa shape index (κ1) is 11.0. The number of hydrogen-bond donors (Lipinski definition) is 1. The zero-order valence-electron chi connectivity index (χ0n) is 8.63. The van der Waals surface area contributed by atoms with E-state index >= 15 is 0 Å². The van der Waals surface area contributed by atoms with Crippen molar-refractivity contribution in [2.45, 2.75) is 45.1 Å². The second-order valence-electron chi connectivity index (χ2n) is 4.62. The summed E-state index contributed by atoms with van der Waals surface area (Å²) in [4.78, 5) is 0. The molecule has 1 aliphatic carbocycles. The van der Waals surface area contributed by atoms with Gasteiger partial charge in [-0.3, -0.25) is 0 Å². The molecule has 0 aromatic heterocycles. The van der Waals surface area contributed by atoms with Crippen molar-refractivity contribution in [3.63, 3.8) is 0 Å². The molecule has 1 N–H and O–H groups in total. The summed E-state index contributed by atoms with van der Waals surface area (Å²) in [5, 5.41) is 0. The summed E-state index contributed by atoms with van der Waals surface area (Å²) in [6.45, 7) is 4.22. The second kappa shape index (κ2) is 3.58. The third-order valence-corrected chi connectivity index (χ3v) is 3.67. The van der Waals surface area contributed by atoms with E-state index in [0.717, 1.165) is 31.6 Å². The van der Waals surface area contributed by atoms with Gasteiger partial charge in [-0.2, -0.15) is 0 Å². The van der Waals surface area contributed by atoms with Crippen LogP contribution in [0.15, 0.2) is 0 Å². The van der Waals surface area contributed by atoms with Crippen LogP contribution in [0.5, 0.6) is 0 Å². The zero-order chi connectivity index (χ0) is 10.1. The van der Waals surface area contributed by atoms with Crippen LogP contribution in [0.1, 0.15) is 39.5 Å². The minimum atomic E-state index is -3.05. The maximum atomic E-state index is 11.1. The Balaban J connectivity index is 2.58. The molecular weight excluding hydrogens is 186 g/mol. The Morgan fingerprint density at radius 2 is 1.77 bits per heavy atom. The van der Waals surface area contributed by atoms with Gasteiger partial charge in [0, 0.05) is 5.54 Å². The van der Waals surface area contributed by atoms with Crippen molar-refractivity contribution in [1.82, 2.24) is 4.72 Å². The molecule has 1 saturated carbocycles. The molecule has 0 radical (unpaired) electrons. The van der Waals surface area contributed by atoms with Gasteiger partial charge in [0.1, 0.15) is 0 Å². The topological polar surface area (TPSA) is 46.2 Å². The SMILES string of the molecule is CC1CCC(C)(NS(C)(=O)=O)CC1. The maximum Gasteiger partial charge on any atom is 0.209 e. The second-order valence-corrected chi connectivity index (χ2v) is 6.37. The molecule has 0 unspecified atom stereocenters. The molecule has 78 valence electrons. The van der Waals surface area contributed by atoms with E-state index in [0.29, 0.717) is 0 Å². The summed E-state index contributed by atoms with van der Waals surface area (Å²) in [6, 6.07) is 0. The molecule has 1 rings (SSSR count). The number of nitrogens with one attached hydrogen (secondary N) is 1. The van der Waals surface area contributed by atoms with Gasteiger partial charge in [-0.15, -0.1) is 0 Å². The van der Waals surface area contributed by atoms with Crippen molar-refractivity contribution in [2.75, 3.05) is 6.26 Å². The van der Waals surface area contributed by atoms with E-state index in [2.05, 4.69) is 11.6 Å². The van der Waals surface area contributed by atoms with E-state index in [4.69, 9.17) is 0 Å². The fourth-order valence-electron chi connectivity index (χ4n) is 1.95. The Morgan fingerprint density at radius 3 is 2.15 bits per heavy atom. The molecule has 0 heterocycles. The Bertz CT molecular complexity index is 263. The maximum absolute atomic E-state index is 11.1. The van der Waals surface area contributed by atoms with Gasteiger partial charge in [0.25, 0.3) is 0 Å². The summed E-state index contributed by atoms with van der Waals surface area (Å²) in [6.07, 6.45) is 5.40. The highest BCUT2D eigenvalue weighted by Crippen LogP contribution is 2.31. The monoisotopic (exact) mass is 205 g/mol. The first-order valence-electron chi connectivity index (χ1n) is 4.80. The molecule has 0 aliphatic heterocycles. The first-order valence-corrected chi connectivity index (χ1v) is 6.69. The van der Waals surface area contributed by atoms with Crippen LogP contribution >= 0.6 is 0 Å². The van der Waals surface area contributed by atoms with Crippen LogP contribution in [0.25, 0.3) is 0 Å². The normalized spacial score (nSPS) is 36.1. The summed E-state index contributed by atoms with van der Waals surface area (Å²) >= 11 is 0. The molecule has 1 fully saturated rings. The molecule has 0 atom stereocenters. The molecule has 0 amide bonds. The first-order chi connectivity index (χ1) is 5.81. The molecule has 0 aromatic rings. The zero-order valence-corrected chi connectivity index (χ0v) is 9.45. The van der Waals surface area contributed by atoms with Gasteiger partial charge >= 0.3 is 0 Å². The lowest BCUT2D eigenvalue weighted by atomic mass is 9.79. The number of hydrogen-bond acceptors (Lipinski definition) is 2. The lowest BCUT2D eigenvalue weighted by Crippen LogP contribution is -2.47. The standard InChI is InChI=1S/C9H19NO2S/c1-8-4-6-9(2,7-5-8)10-13(3,11)12/h8,10H,4-7H2,1-3H3. The lowest BCUT2D eigenvalue weighted by molar-refractivity contribution is 0.244. The summed E-state index contributed by atoms with van der Waals surface area (Å²) in [7, 11) is -3.05. The summed E-state index contributed by atoms with van der Waals surface area (Å²) in [5.41, 5.74) is -0.194. The predicted molar refractivity (Wildman–Crippen MR) is 54.0 cm³/mol. The van der Waals surface area contributed by atoms with Crippen LogP contribution in [0.2, 0.25) is 0 Å². The molecular formula is C9H19NO2S. The fourth-order valence-corrected chi connectivity index (χ4v) is 3.05. The van der Waals surface area contributed by atoms with E-state index in [1.165, 1.54) is 6.26 Å². The molecule has 0 spiro atoms. The average Bonchev–Trinajstić information content (AvgIpc) is 1.92. The van der Waals surface area contributed by atoms with Crippen LogP contribution in [0, 0.1) is 5.92 Å². The smallest absolute Gasteiger partial charge is 0.209 e. The Hall–Kier alpha value is -0.0900. The molecule has 4 heteroatoms. The quantitative estimate of drug-likeness (QED) is 0.742. The highest BCUT2D eigenvalue weighted by Gasteiger charge is 2.31. The van der Waals surface area contributed by atoms with Gasteiger partial charge in [0.15, 0.2) is 0 Å². The molecule has 3 nitrogen and oxygen atoms in total. The van der Waals surface area contributed by atoms with E-state index in [1.54, 1.807) is 0 Å². The minimum Gasteiger partial charge on any atom is -0.213 e. The average molecular weight is 205 g/mol. The van der Waals surface area contributed by atoms with Crippen LogP contribution in [0.3, 0.4) is 0 Å². The molecule has 1 aliphatic rings. The fraction of sp³-hybridized carbons (Fsp3) is 1.00.